The zero-order valence-electron chi connectivity index (χ0n) is 6.16. The molecule has 0 bridgehead atoms. The molecule has 0 aromatic carbocycles. The molecule has 0 amide bonds. The zero-order valence-corrected chi connectivity index (χ0v) is 8.84. The maximum absolute atomic E-state index is 5.09. The molecule has 0 aliphatic carbocycles. The summed E-state index contributed by atoms with van der Waals surface area (Å²) in [5.74, 6) is 2.84. The van der Waals surface area contributed by atoms with Crippen LogP contribution in [0.5, 0.6) is 0 Å². The van der Waals surface area contributed by atoms with Crippen molar-refractivity contribution in [2.24, 2.45) is 5.73 Å². The second kappa shape index (κ2) is 16.5. The highest BCUT2D eigenvalue weighted by atomic mass is 32.1. The van der Waals surface area contributed by atoms with Crippen LogP contribution in [0.3, 0.4) is 0 Å². The largest absolute Gasteiger partial charge is 0.330 e. The van der Waals surface area contributed by atoms with Gasteiger partial charge in [-0.05, 0) is 36.6 Å². The first kappa shape index (κ1) is 13.6. The van der Waals surface area contributed by atoms with E-state index in [-0.39, 0.29) is 0 Å². The fraction of sp³-hybridized carbons (Fsp3) is 1.00. The molecule has 0 rings (SSSR count). The summed E-state index contributed by atoms with van der Waals surface area (Å²) in [6.07, 6.45) is 2.15. The van der Waals surface area contributed by atoms with Crippen LogP contribution >= 0.6 is 37.9 Å². The molecule has 2 N–H and O–H groups in total. The summed E-state index contributed by atoms with van der Waals surface area (Å²) in [4.78, 5) is 0. The van der Waals surface area contributed by atoms with Gasteiger partial charge in [0, 0.05) is 0 Å². The van der Waals surface area contributed by atoms with E-state index in [0.717, 1.165) is 36.6 Å². The molecule has 0 spiro atoms. The van der Waals surface area contributed by atoms with Crippen LogP contribution in [0.4, 0.5) is 0 Å². The molecule has 10 heavy (non-hydrogen) atoms. The van der Waals surface area contributed by atoms with Gasteiger partial charge < -0.3 is 5.73 Å². The van der Waals surface area contributed by atoms with Crippen molar-refractivity contribution in [2.75, 3.05) is 23.8 Å². The Labute approximate surface area is 80.4 Å². The topological polar surface area (TPSA) is 26.0 Å². The maximum Gasteiger partial charge on any atom is -0.00695 e. The van der Waals surface area contributed by atoms with Crippen LogP contribution in [-0.2, 0) is 0 Å². The zero-order chi connectivity index (χ0) is 8.24. The van der Waals surface area contributed by atoms with Crippen molar-refractivity contribution in [1.82, 2.24) is 0 Å². The van der Waals surface area contributed by atoms with Gasteiger partial charge in [0.2, 0.25) is 0 Å². The lowest BCUT2D eigenvalue weighted by molar-refractivity contribution is 0.946. The van der Waals surface area contributed by atoms with E-state index in [1.165, 1.54) is 0 Å². The fourth-order valence-electron chi connectivity index (χ4n) is 0.162. The number of nitrogens with two attached hydrogens (primary N) is 1. The Balaban J connectivity index is 0. The molecular weight excluding hydrogens is 182 g/mol. The van der Waals surface area contributed by atoms with E-state index in [0.29, 0.717) is 0 Å². The molecule has 0 fully saturated rings. The van der Waals surface area contributed by atoms with Crippen molar-refractivity contribution in [2.45, 2.75) is 12.8 Å². The van der Waals surface area contributed by atoms with Gasteiger partial charge in [0.05, 0.1) is 0 Å². The molecule has 0 aliphatic heterocycles. The monoisotopic (exact) mass is 199 g/mol. The minimum Gasteiger partial charge on any atom is -0.330 e. The van der Waals surface area contributed by atoms with Gasteiger partial charge in [-0.15, -0.1) is 0 Å². The van der Waals surface area contributed by atoms with Crippen molar-refractivity contribution in [3.05, 3.63) is 0 Å². The number of thiol groups is 3. The summed E-state index contributed by atoms with van der Waals surface area (Å²) in [5, 5.41) is 0. The van der Waals surface area contributed by atoms with Gasteiger partial charge in [-0.3, -0.25) is 0 Å². The van der Waals surface area contributed by atoms with Gasteiger partial charge in [0.15, 0.2) is 0 Å². The van der Waals surface area contributed by atoms with E-state index in [1.54, 1.807) is 0 Å². The average Bonchev–Trinajstić information content (AvgIpc) is 1.93. The molecule has 0 saturated carbocycles. The lowest BCUT2D eigenvalue weighted by Gasteiger charge is -1.79. The number of rotatable bonds is 4. The third-order valence-electron chi connectivity index (χ3n) is 0.678. The van der Waals surface area contributed by atoms with Crippen molar-refractivity contribution in [1.29, 1.82) is 0 Å². The Hall–Kier alpha value is 1.01. The molecule has 0 aliphatic rings. The second-order valence-electron chi connectivity index (χ2n) is 1.67. The number of hydrogen-bond acceptors (Lipinski definition) is 4. The first-order valence-corrected chi connectivity index (χ1v) is 5.25. The smallest absolute Gasteiger partial charge is 0.00695 e. The van der Waals surface area contributed by atoms with E-state index in [4.69, 9.17) is 5.73 Å². The van der Waals surface area contributed by atoms with Gasteiger partial charge in [-0.25, -0.2) is 0 Å². The summed E-state index contributed by atoms with van der Waals surface area (Å²) >= 11 is 11.8. The highest BCUT2D eigenvalue weighted by molar-refractivity contribution is 7.81. The molecule has 0 heterocycles. The van der Waals surface area contributed by atoms with Crippen LogP contribution < -0.4 is 5.73 Å². The molecule has 0 aromatic rings. The number of hydrogen-bond donors (Lipinski definition) is 4. The van der Waals surface area contributed by atoms with Gasteiger partial charge in [0.1, 0.15) is 0 Å². The first-order chi connectivity index (χ1) is 4.83. The van der Waals surface area contributed by atoms with Crippen molar-refractivity contribution >= 4 is 37.9 Å². The fourth-order valence-corrected chi connectivity index (χ4v) is 0.910. The first-order valence-electron chi connectivity index (χ1n) is 3.36. The maximum atomic E-state index is 5.09. The summed E-state index contributed by atoms with van der Waals surface area (Å²) < 4.78 is 0. The molecule has 0 radical (unpaired) electrons. The Kier molecular flexibility index (Phi) is 22.5. The molecule has 64 valence electrons. The summed E-state index contributed by atoms with van der Waals surface area (Å²) in [6, 6.07) is 0. The highest BCUT2D eigenvalue weighted by Gasteiger charge is 1.69. The van der Waals surface area contributed by atoms with Crippen LogP contribution in [0.25, 0.3) is 0 Å². The third-order valence-corrected chi connectivity index (χ3v) is 1.63. The molecule has 0 atom stereocenters. The highest BCUT2D eigenvalue weighted by Crippen LogP contribution is 1.83. The molecule has 0 unspecified atom stereocenters. The summed E-state index contributed by atoms with van der Waals surface area (Å²) in [6.45, 7) is 0.767. The van der Waals surface area contributed by atoms with Gasteiger partial charge >= 0.3 is 0 Å². The standard InChI is InChI=1S/C3H9NS.C3H8S2/c2*4-2-1-3-5/h5H,1-4H2;4-5H,1-3H2. The minimum atomic E-state index is 0.767. The SMILES string of the molecule is NCCCS.SCCCS. The van der Waals surface area contributed by atoms with Gasteiger partial charge in [0.25, 0.3) is 0 Å². The third kappa shape index (κ3) is 23.0. The van der Waals surface area contributed by atoms with Crippen molar-refractivity contribution in [3.8, 4) is 0 Å². The lowest BCUT2D eigenvalue weighted by atomic mass is 10.5. The molecule has 0 saturated heterocycles. The quantitative estimate of drug-likeness (QED) is 0.507. The van der Waals surface area contributed by atoms with Crippen molar-refractivity contribution < 1.29 is 0 Å². The van der Waals surface area contributed by atoms with Crippen LogP contribution in [0.1, 0.15) is 12.8 Å². The van der Waals surface area contributed by atoms with Crippen LogP contribution in [0.15, 0.2) is 0 Å². The Morgan fingerprint density at radius 2 is 1.20 bits per heavy atom. The van der Waals surface area contributed by atoms with Gasteiger partial charge in [-0.1, -0.05) is 0 Å². The van der Waals surface area contributed by atoms with Gasteiger partial charge in [-0.2, -0.15) is 37.9 Å². The Bertz CT molecular complexity index is 34.0. The van der Waals surface area contributed by atoms with E-state index in [1.807, 2.05) is 0 Å². The minimum absolute atomic E-state index is 0.767. The lowest BCUT2D eigenvalue weighted by Crippen LogP contribution is -1.97. The average molecular weight is 199 g/mol. The van der Waals surface area contributed by atoms with Crippen LogP contribution in [0, 0.1) is 0 Å². The van der Waals surface area contributed by atoms with Crippen LogP contribution in [-0.4, -0.2) is 23.8 Å². The van der Waals surface area contributed by atoms with E-state index < -0.39 is 0 Å². The predicted molar refractivity (Wildman–Crippen MR) is 59.8 cm³/mol. The van der Waals surface area contributed by atoms with E-state index >= 15 is 0 Å². The second-order valence-corrected chi connectivity index (χ2v) is 3.01. The molecule has 1 nitrogen and oxygen atoms in total. The molecule has 4 heteroatoms. The van der Waals surface area contributed by atoms with Crippen LogP contribution in [0.2, 0.25) is 0 Å². The Morgan fingerprint density at radius 1 is 0.800 bits per heavy atom. The molecule has 0 aromatic heterocycles. The predicted octanol–water partition coefficient (Wildman–Crippen LogP) is 1.50. The summed E-state index contributed by atoms with van der Waals surface area (Å²) in [7, 11) is 0. The van der Waals surface area contributed by atoms with Crippen molar-refractivity contribution in [3.63, 3.8) is 0 Å². The van der Waals surface area contributed by atoms with E-state index in [2.05, 4.69) is 37.9 Å². The normalized spacial score (nSPS) is 8.40. The Morgan fingerprint density at radius 3 is 1.20 bits per heavy atom. The van der Waals surface area contributed by atoms with E-state index in [9.17, 15) is 0 Å². The summed E-state index contributed by atoms with van der Waals surface area (Å²) in [5.41, 5.74) is 5.09. The molecular formula is C6H17NS3.